The molecule has 0 aliphatic heterocycles. The van der Waals surface area contributed by atoms with E-state index in [0.717, 1.165) is 17.3 Å². The van der Waals surface area contributed by atoms with Crippen molar-refractivity contribution in [2.45, 2.75) is 31.8 Å². The molecular weight excluding hydrogens is 461 g/mol. The second kappa shape index (κ2) is 12.0. The van der Waals surface area contributed by atoms with Crippen LogP contribution in [0.25, 0.3) is 0 Å². The van der Waals surface area contributed by atoms with E-state index >= 15 is 0 Å². The molecule has 11 heteroatoms. The quantitative estimate of drug-likeness (QED) is 0.327. The summed E-state index contributed by atoms with van der Waals surface area (Å²) in [5.41, 5.74) is 2.27. The van der Waals surface area contributed by atoms with E-state index in [1.54, 1.807) is 36.4 Å². The smallest absolute Gasteiger partial charge is 0.240 e. The van der Waals surface area contributed by atoms with Gasteiger partial charge in [0.25, 0.3) is 0 Å². The van der Waals surface area contributed by atoms with Gasteiger partial charge in [0.05, 0.1) is 24.3 Å². The minimum Gasteiger partial charge on any atom is -0.390 e. The Balaban J connectivity index is 1.56. The van der Waals surface area contributed by atoms with Crippen LogP contribution in [0, 0.1) is 5.82 Å². The van der Waals surface area contributed by atoms with Gasteiger partial charge in [-0.25, -0.2) is 9.37 Å². The van der Waals surface area contributed by atoms with Crippen LogP contribution in [-0.2, 0) is 34.1 Å². The average molecular weight is 486 g/mol. The van der Waals surface area contributed by atoms with E-state index in [1.165, 1.54) is 29.8 Å². The standard InChI is InChI=1S/C23H24FN5O4S/c1-15(31)27-18-3-2-4-19(9-18)28-22(33)14-34-23-26-11-20(13-30)29(23)12-21(32)25-10-16-5-7-17(24)8-6-16/h2-9,11,30H,10,12-14H2,1H3,(H,25,32)(H,27,31)(H,28,33). The highest BCUT2D eigenvalue weighted by Gasteiger charge is 2.15. The summed E-state index contributed by atoms with van der Waals surface area (Å²) in [6, 6.07) is 12.5. The average Bonchev–Trinajstić information content (AvgIpc) is 3.18. The number of anilines is 2. The summed E-state index contributed by atoms with van der Waals surface area (Å²) in [6.07, 6.45) is 1.45. The third-order valence-corrected chi connectivity index (χ3v) is 5.56. The molecule has 1 aromatic heterocycles. The first-order valence-corrected chi connectivity index (χ1v) is 11.3. The molecule has 0 aliphatic carbocycles. The number of aliphatic hydroxyl groups is 1. The van der Waals surface area contributed by atoms with Crippen LogP contribution in [0.5, 0.6) is 0 Å². The predicted octanol–water partition coefficient (Wildman–Crippen LogP) is 2.52. The second-order valence-electron chi connectivity index (χ2n) is 7.28. The number of hydrogen-bond acceptors (Lipinski definition) is 6. The topological polar surface area (TPSA) is 125 Å². The monoisotopic (exact) mass is 485 g/mol. The van der Waals surface area contributed by atoms with Crippen LogP contribution in [0.1, 0.15) is 18.2 Å². The summed E-state index contributed by atoms with van der Waals surface area (Å²) in [6.45, 7) is 1.21. The summed E-state index contributed by atoms with van der Waals surface area (Å²) >= 11 is 1.12. The predicted molar refractivity (Wildman–Crippen MR) is 126 cm³/mol. The number of rotatable bonds is 10. The van der Waals surface area contributed by atoms with E-state index in [0.29, 0.717) is 22.2 Å². The molecule has 0 atom stereocenters. The van der Waals surface area contributed by atoms with Gasteiger partial charge in [0.1, 0.15) is 12.4 Å². The molecule has 3 amide bonds. The molecule has 4 N–H and O–H groups in total. The van der Waals surface area contributed by atoms with Crippen molar-refractivity contribution in [1.29, 1.82) is 0 Å². The Bertz CT molecular complexity index is 1170. The summed E-state index contributed by atoms with van der Waals surface area (Å²) in [5.74, 6) is -1.17. The van der Waals surface area contributed by atoms with Crippen LogP contribution in [0.3, 0.4) is 0 Å². The normalized spacial score (nSPS) is 10.6. The third-order valence-electron chi connectivity index (χ3n) is 4.57. The van der Waals surface area contributed by atoms with Gasteiger partial charge in [0, 0.05) is 24.8 Å². The van der Waals surface area contributed by atoms with Gasteiger partial charge in [-0.1, -0.05) is 30.0 Å². The lowest BCUT2D eigenvalue weighted by Gasteiger charge is -2.12. The van der Waals surface area contributed by atoms with E-state index in [-0.39, 0.29) is 49.0 Å². The van der Waals surface area contributed by atoms with Crippen LogP contribution in [0.15, 0.2) is 59.9 Å². The molecule has 0 radical (unpaired) electrons. The summed E-state index contributed by atoms with van der Waals surface area (Å²) < 4.78 is 14.5. The molecule has 178 valence electrons. The van der Waals surface area contributed by atoms with Gasteiger partial charge in [0.2, 0.25) is 17.7 Å². The fraction of sp³-hybridized carbons (Fsp3) is 0.217. The Kier molecular flexibility index (Phi) is 8.77. The number of benzene rings is 2. The minimum atomic E-state index is -0.354. The van der Waals surface area contributed by atoms with Crippen molar-refractivity contribution < 1.29 is 23.9 Å². The number of carbonyl (C=O) groups is 3. The second-order valence-corrected chi connectivity index (χ2v) is 8.22. The zero-order valence-corrected chi connectivity index (χ0v) is 19.2. The van der Waals surface area contributed by atoms with E-state index in [4.69, 9.17) is 0 Å². The summed E-state index contributed by atoms with van der Waals surface area (Å²) in [5, 5.41) is 18.1. The molecule has 9 nitrogen and oxygen atoms in total. The minimum absolute atomic E-state index is 0.0173. The Labute approximate surface area is 199 Å². The molecule has 34 heavy (non-hydrogen) atoms. The van der Waals surface area contributed by atoms with Gasteiger partial charge in [-0.2, -0.15) is 0 Å². The zero-order valence-electron chi connectivity index (χ0n) is 18.4. The molecule has 0 spiro atoms. The van der Waals surface area contributed by atoms with Crippen molar-refractivity contribution in [2.75, 3.05) is 16.4 Å². The van der Waals surface area contributed by atoms with Crippen molar-refractivity contribution in [1.82, 2.24) is 14.9 Å². The SMILES string of the molecule is CC(=O)Nc1cccc(NC(=O)CSc2ncc(CO)n2CC(=O)NCc2ccc(F)cc2)c1. The van der Waals surface area contributed by atoms with Crippen molar-refractivity contribution in [3.63, 3.8) is 0 Å². The number of nitrogens with one attached hydrogen (secondary N) is 3. The van der Waals surface area contributed by atoms with Crippen LogP contribution >= 0.6 is 11.8 Å². The van der Waals surface area contributed by atoms with E-state index in [1.807, 2.05) is 0 Å². The molecule has 0 saturated carbocycles. The molecule has 0 aliphatic rings. The molecule has 0 saturated heterocycles. The van der Waals surface area contributed by atoms with Crippen molar-refractivity contribution >= 4 is 40.9 Å². The van der Waals surface area contributed by atoms with Gasteiger partial charge in [-0.15, -0.1) is 0 Å². The molecular formula is C23H24FN5O4S. The van der Waals surface area contributed by atoms with Crippen molar-refractivity contribution in [3.05, 3.63) is 71.8 Å². The number of aromatic nitrogens is 2. The highest BCUT2D eigenvalue weighted by Crippen LogP contribution is 2.20. The summed E-state index contributed by atoms with van der Waals surface area (Å²) in [7, 11) is 0. The third kappa shape index (κ3) is 7.42. The number of thioether (sulfide) groups is 1. The Hall–Kier alpha value is -3.70. The zero-order chi connectivity index (χ0) is 24.5. The lowest BCUT2D eigenvalue weighted by molar-refractivity contribution is -0.122. The maximum atomic E-state index is 13.0. The van der Waals surface area contributed by atoms with Crippen LogP contribution < -0.4 is 16.0 Å². The van der Waals surface area contributed by atoms with Crippen molar-refractivity contribution in [2.24, 2.45) is 0 Å². The van der Waals surface area contributed by atoms with Crippen LogP contribution in [0.2, 0.25) is 0 Å². The van der Waals surface area contributed by atoms with E-state index < -0.39 is 0 Å². The number of amides is 3. The van der Waals surface area contributed by atoms with Gasteiger partial charge in [0.15, 0.2) is 5.16 Å². The number of carbonyl (C=O) groups excluding carboxylic acids is 3. The highest BCUT2D eigenvalue weighted by molar-refractivity contribution is 7.99. The number of imidazole rings is 1. The Morgan fingerprint density at radius 1 is 1.06 bits per heavy atom. The fourth-order valence-corrected chi connectivity index (χ4v) is 3.81. The first-order chi connectivity index (χ1) is 16.3. The van der Waals surface area contributed by atoms with Gasteiger partial charge in [-0.05, 0) is 35.9 Å². The maximum absolute atomic E-state index is 13.0. The molecule has 0 fully saturated rings. The van der Waals surface area contributed by atoms with Crippen LogP contribution in [-0.4, -0.2) is 38.1 Å². The number of halogens is 1. The molecule has 0 bridgehead atoms. The fourth-order valence-electron chi connectivity index (χ4n) is 3.01. The maximum Gasteiger partial charge on any atom is 0.240 e. The number of aliphatic hydroxyl groups excluding tert-OH is 1. The Morgan fingerprint density at radius 3 is 2.44 bits per heavy atom. The first-order valence-electron chi connectivity index (χ1n) is 10.3. The van der Waals surface area contributed by atoms with Gasteiger partial charge < -0.3 is 25.6 Å². The van der Waals surface area contributed by atoms with E-state index in [9.17, 15) is 23.9 Å². The van der Waals surface area contributed by atoms with Crippen molar-refractivity contribution in [3.8, 4) is 0 Å². The molecule has 1 heterocycles. The molecule has 2 aromatic carbocycles. The molecule has 3 rings (SSSR count). The van der Waals surface area contributed by atoms with E-state index in [2.05, 4.69) is 20.9 Å². The molecule has 3 aromatic rings. The number of nitrogens with zero attached hydrogens (tertiary/aromatic N) is 2. The lowest BCUT2D eigenvalue weighted by atomic mass is 10.2. The Morgan fingerprint density at radius 2 is 1.76 bits per heavy atom. The van der Waals surface area contributed by atoms with Gasteiger partial charge in [-0.3, -0.25) is 14.4 Å². The summed E-state index contributed by atoms with van der Waals surface area (Å²) in [4.78, 5) is 40.2. The van der Waals surface area contributed by atoms with Crippen LogP contribution in [0.4, 0.5) is 15.8 Å². The first kappa shape index (κ1) is 24.9. The number of hydrogen-bond donors (Lipinski definition) is 4. The van der Waals surface area contributed by atoms with Gasteiger partial charge >= 0.3 is 0 Å². The molecule has 0 unspecified atom stereocenters. The largest absolute Gasteiger partial charge is 0.390 e. The lowest BCUT2D eigenvalue weighted by Crippen LogP contribution is -2.28. The highest BCUT2D eigenvalue weighted by atomic mass is 32.2.